The first kappa shape index (κ1) is 15.2. The fourth-order valence-corrected chi connectivity index (χ4v) is 2.05. The van der Waals surface area contributed by atoms with E-state index in [4.69, 9.17) is 10.5 Å². The second-order valence-electron chi connectivity index (χ2n) is 5.04. The van der Waals surface area contributed by atoms with Crippen molar-refractivity contribution in [1.29, 1.82) is 0 Å². The SMILES string of the molecule is CCCOc1cc(NCCCCn2ccnc2)ccc1N. The van der Waals surface area contributed by atoms with Crippen LogP contribution in [0.1, 0.15) is 26.2 Å². The van der Waals surface area contributed by atoms with Gasteiger partial charge in [0.1, 0.15) is 5.75 Å². The van der Waals surface area contributed by atoms with Gasteiger partial charge < -0.3 is 20.4 Å². The van der Waals surface area contributed by atoms with Crippen LogP contribution in [-0.4, -0.2) is 22.7 Å². The van der Waals surface area contributed by atoms with Crippen molar-refractivity contribution in [3.63, 3.8) is 0 Å². The van der Waals surface area contributed by atoms with Gasteiger partial charge in [-0.15, -0.1) is 0 Å². The van der Waals surface area contributed by atoms with Crippen molar-refractivity contribution in [1.82, 2.24) is 9.55 Å². The number of imidazole rings is 1. The van der Waals surface area contributed by atoms with Crippen LogP contribution in [0.4, 0.5) is 11.4 Å². The largest absolute Gasteiger partial charge is 0.491 e. The van der Waals surface area contributed by atoms with Gasteiger partial charge in [0, 0.05) is 37.2 Å². The number of nitrogens with one attached hydrogen (secondary N) is 1. The molecule has 1 aromatic heterocycles. The number of nitrogens with two attached hydrogens (primary N) is 1. The molecule has 1 aromatic carbocycles. The Bertz CT molecular complexity index is 525. The molecule has 21 heavy (non-hydrogen) atoms. The molecule has 0 spiro atoms. The topological polar surface area (TPSA) is 65.1 Å². The number of hydrogen-bond donors (Lipinski definition) is 2. The fraction of sp³-hybridized carbons (Fsp3) is 0.438. The highest BCUT2D eigenvalue weighted by Gasteiger charge is 2.02. The summed E-state index contributed by atoms with van der Waals surface area (Å²) in [5, 5.41) is 3.41. The molecule has 1 heterocycles. The Kier molecular flexibility index (Phi) is 5.94. The smallest absolute Gasteiger partial charge is 0.144 e. The van der Waals surface area contributed by atoms with Gasteiger partial charge in [-0.05, 0) is 31.4 Å². The molecule has 3 N–H and O–H groups in total. The Balaban J connectivity index is 1.72. The van der Waals surface area contributed by atoms with E-state index in [2.05, 4.69) is 21.8 Å². The molecule has 0 aliphatic heterocycles. The summed E-state index contributed by atoms with van der Waals surface area (Å²) in [7, 11) is 0. The molecule has 0 saturated carbocycles. The molecule has 0 bridgehead atoms. The van der Waals surface area contributed by atoms with Gasteiger partial charge in [-0.2, -0.15) is 0 Å². The Morgan fingerprint density at radius 2 is 2.24 bits per heavy atom. The van der Waals surface area contributed by atoms with E-state index in [-0.39, 0.29) is 0 Å². The summed E-state index contributed by atoms with van der Waals surface area (Å²) in [6, 6.07) is 5.85. The molecule has 0 aliphatic carbocycles. The second kappa shape index (κ2) is 8.19. The number of aromatic nitrogens is 2. The van der Waals surface area contributed by atoms with Crippen molar-refractivity contribution in [3.05, 3.63) is 36.9 Å². The van der Waals surface area contributed by atoms with Crippen molar-refractivity contribution in [2.45, 2.75) is 32.7 Å². The summed E-state index contributed by atoms with van der Waals surface area (Å²) in [5.41, 5.74) is 7.64. The van der Waals surface area contributed by atoms with Gasteiger partial charge in [0.15, 0.2) is 0 Å². The lowest BCUT2D eigenvalue weighted by Crippen LogP contribution is -2.05. The van der Waals surface area contributed by atoms with Crippen LogP contribution in [0, 0.1) is 0 Å². The first-order valence-electron chi connectivity index (χ1n) is 7.51. The maximum absolute atomic E-state index is 5.90. The van der Waals surface area contributed by atoms with Gasteiger partial charge in [-0.1, -0.05) is 6.92 Å². The quantitative estimate of drug-likeness (QED) is 0.549. The summed E-state index contributed by atoms with van der Waals surface area (Å²) >= 11 is 0. The zero-order valence-corrected chi connectivity index (χ0v) is 12.6. The van der Waals surface area contributed by atoms with E-state index < -0.39 is 0 Å². The molecule has 0 atom stereocenters. The molecule has 5 nitrogen and oxygen atoms in total. The van der Waals surface area contributed by atoms with E-state index >= 15 is 0 Å². The third kappa shape index (κ3) is 5.02. The minimum absolute atomic E-state index is 0.689. The minimum Gasteiger partial charge on any atom is -0.491 e. The van der Waals surface area contributed by atoms with Crippen molar-refractivity contribution in [3.8, 4) is 5.75 Å². The predicted molar refractivity (Wildman–Crippen MR) is 86.6 cm³/mol. The summed E-state index contributed by atoms with van der Waals surface area (Å²) < 4.78 is 7.72. The fourth-order valence-electron chi connectivity index (χ4n) is 2.05. The lowest BCUT2D eigenvalue weighted by atomic mass is 10.2. The van der Waals surface area contributed by atoms with Crippen LogP contribution in [0.5, 0.6) is 5.75 Å². The molecule has 114 valence electrons. The van der Waals surface area contributed by atoms with Gasteiger partial charge in [0.05, 0.1) is 18.6 Å². The van der Waals surface area contributed by atoms with Gasteiger partial charge in [-0.3, -0.25) is 0 Å². The molecule has 0 radical (unpaired) electrons. The van der Waals surface area contributed by atoms with Crippen molar-refractivity contribution < 1.29 is 4.74 Å². The predicted octanol–water partition coefficient (Wildman–Crippen LogP) is 3.15. The number of anilines is 2. The van der Waals surface area contributed by atoms with Crippen molar-refractivity contribution in [2.75, 3.05) is 24.2 Å². The number of nitrogen functional groups attached to an aromatic ring is 1. The molecular weight excluding hydrogens is 264 g/mol. The third-order valence-electron chi connectivity index (χ3n) is 3.21. The normalized spacial score (nSPS) is 10.5. The Hall–Kier alpha value is -2.17. The van der Waals surface area contributed by atoms with Crippen LogP contribution >= 0.6 is 0 Å². The maximum atomic E-state index is 5.90. The average Bonchev–Trinajstić information content (AvgIpc) is 3.00. The first-order valence-corrected chi connectivity index (χ1v) is 7.51. The van der Waals surface area contributed by atoms with Crippen LogP contribution in [0.25, 0.3) is 0 Å². The molecule has 0 saturated heterocycles. The van der Waals surface area contributed by atoms with Gasteiger partial charge in [0.25, 0.3) is 0 Å². The van der Waals surface area contributed by atoms with Crippen molar-refractivity contribution in [2.24, 2.45) is 0 Å². The highest BCUT2D eigenvalue weighted by Crippen LogP contribution is 2.25. The molecule has 2 rings (SSSR count). The van der Waals surface area contributed by atoms with E-state index in [1.807, 2.05) is 36.9 Å². The van der Waals surface area contributed by atoms with Crippen molar-refractivity contribution >= 4 is 11.4 Å². The zero-order valence-electron chi connectivity index (χ0n) is 12.6. The number of unbranched alkanes of at least 4 members (excludes halogenated alkanes) is 1. The molecule has 5 heteroatoms. The lowest BCUT2D eigenvalue weighted by molar-refractivity contribution is 0.319. The summed E-state index contributed by atoms with van der Waals surface area (Å²) in [6.45, 7) is 4.72. The highest BCUT2D eigenvalue weighted by molar-refractivity contribution is 5.61. The van der Waals surface area contributed by atoms with Gasteiger partial charge in [0.2, 0.25) is 0 Å². The molecule has 0 amide bonds. The van der Waals surface area contributed by atoms with E-state index in [9.17, 15) is 0 Å². The van der Waals surface area contributed by atoms with E-state index in [0.29, 0.717) is 12.3 Å². The zero-order chi connectivity index (χ0) is 14.9. The Labute approximate surface area is 126 Å². The molecular formula is C16H24N4O. The molecule has 0 fully saturated rings. The highest BCUT2D eigenvalue weighted by atomic mass is 16.5. The number of hydrogen-bond acceptors (Lipinski definition) is 4. The summed E-state index contributed by atoms with van der Waals surface area (Å²) in [5.74, 6) is 0.764. The molecule has 0 aliphatic rings. The second-order valence-corrected chi connectivity index (χ2v) is 5.04. The van der Waals surface area contributed by atoms with E-state index in [1.165, 1.54) is 0 Å². The lowest BCUT2D eigenvalue weighted by Gasteiger charge is -2.11. The standard InChI is InChI=1S/C16H24N4O/c1-2-11-21-16-12-14(5-6-15(16)17)19-7-3-4-9-20-10-8-18-13-20/h5-6,8,10,12-13,19H,2-4,7,9,11,17H2,1H3. The Morgan fingerprint density at radius 3 is 3.00 bits per heavy atom. The van der Waals surface area contributed by atoms with Gasteiger partial charge >= 0.3 is 0 Å². The average molecular weight is 288 g/mol. The number of aryl methyl sites for hydroxylation is 1. The third-order valence-corrected chi connectivity index (χ3v) is 3.21. The summed E-state index contributed by atoms with van der Waals surface area (Å²) in [6.07, 6.45) is 8.86. The molecule has 0 unspecified atom stereocenters. The molecule has 2 aromatic rings. The van der Waals surface area contributed by atoms with Crippen LogP contribution in [-0.2, 0) is 6.54 Å². The number of nitrogens with zero attached hydrogens (tertiary/aromatic N) is 2. The number of rotatable bonds is 9. The van der Waals surface area contributed by atoms with Crippen LogP contribution in [0.15, 0.2) is 36.9 Å². The first-order chi connectivity index (χ1) is 10.3. The minimum atomic E-state index is 0.689. The number of benzene rings is 1. The maximum Gasteiger partial charge on any atom is 0.144 e. The summed E-state index contributed by atoms with van der Waals surface area (Å²) in [4.78, 5) is 4.03. The van der Waals surface area contributed by atoms with Gasteiger partial charge in [-0.25, -0.2) is 4.98 Å². The van der Waals surface area contributed by atoms with E-state index in [1.54, 1.807) is 0 Å². The monoisotopic (exact) mass is 288 g/mol. The van der Waals surface area contributed by atoms with Crippen LogP contribution in [0.3, 0.4) is 0 Å². The number of ether oxygens (including phenoxy) is 1. The van der Waals surface area contributed by atoms with E-state index in [0.717, 1.165) is 43.8 Å². The Morgan fingerprint density at radius 1 is 1.33 bits per heavy atom. The van der Waals surface area contributed by atoms with Crippen LogP contribution in [0.2, 0.25) is 0 Å². The van der Waals surface area contributed by atoms with Crippen LogP contribution < -0.4 is 15.8 Å².